The maximum atomic E-state index is 10.2. The molecule has 0 aliphatic rings. The average Bonchev–Trinajstić information content (AvgIpc) is 2.96. The number of carbonyl (C=O) groups is 2. The van der Waals surface area contributed by atoms with E-state index in [0.29, 0.717) is 0 Å². The van der Waals surface area contributed by atoms with Gasteiger partial charge in [0.15, 0.2) is 0 Å². The summed E-state index contributed by atoms with van der Waals surface area (Å²) in [7, 11) is 0. The van der Waals surface area contributed by atoms with E-state index in [1.807, 2.05) is 48.5 Å². The van der Waals surface area contributed by atoms with Crippen LogP contribution in [-0.2, 0) is 27.7 Å². The topological polar surface area (TPSA) is 400 Å². The van der Waals surface area contributed by atoms with Crippen LogP contribution < -0.4 is 10.2 Å². The van der Waals surface area contributed by atoms with Crippen LogP contribution in [0, 0.1) is 0 Å². The van der Waals surface area contributed by atoms with Gasteiger partial charge in [-0.3, -0.25) is 19.9 Å². The zero-order chi connectivity index (χ0) is 25.6. The number of aromatic carboxylic acids is 2. The molecule has 0 saturated heterocycles. The molecule has 18 heteroatoms. The minimum absolute atomic E-state index is 0. The summed E-state index contributed by atoms with van der Waals surface area (Å²) in [4.78, 5) is 39.4. The number of carboxylic acids is 2. The molecule has 0 bridgehead atoms. The van der Waals surface area contributed by atoms with Crippen molar-refractivity contribution in [2.75, 3.05) is 0 Å². The number of hydrogen-bond donors (Lipinski definition) is 0. The molecule has 0 spiro atoms. The first kappa shape index (κ1) is 55.8. The molecule has 5 rings (SSSR count). The summed E-state index contributed by atoms with van der Waals surface area (Å²) < 4.78 is 0. The van der Waals surface area contributed by atoms with Gasteiger partial charge in [-0.2, -0.15) is 0 Å². The quantitative estimate of drug-likeness (QED) is 0.164. The molecule has 0 amide bonds. The number of aromatic nitrogens is 5. The summed E-state index contributed by atoms with van der Waals surface area (Å²) in [5.41, 5.74) is 3.85. The summed E-state index contributed by atoms with van der Waals surface area (Å²) in [5, 5.41) is 20.4. The Morgan fingerprint density at radius 1 is 0.422 bits per heavy atom. The zero-order valence-corrected chi connectivity index (χ0v) is 24.4. The molecule has 0 atom stereocenters. The van der Waals surface area contributed by atoms with Crippen LogP contribution in [0.15, 0.2) is 116 Å². The number of nitrogens with zero attached hydrogens (tertiary/aromatic N) is 5. The van der Waals surface area contributed by atoms with Crippen LogP contribution in [-0.4, -0.2) is 69.7 Å². The maximum Gasteiger partial charge on any atom is 2.00 e. The standard InChI is InChI=1S/2C10H8N2.C7H5NO4.Co.8H2O/c2*1-5-11-6-2-9(1)10-3-7-12-8-4-10;9-6(10)4-2-1-3-5(8-4)7(11)12;;;;;;;;;/h2*1-8H;1-3H,(H,9,10)(H,11,12);;8*1H2/q;;;+2;;;;;;;;. The Hall–Kier alpha value is -5.12. The molecule has 0 aromatic carbocycles. The summed E-state index contributed by atoms with van der Waals surface area (Å²) in [6.07, 6.45) is 14.3. The minimum Gasteiger partial charge on any atom is -0.543 e. The van der Waals surface area contributed by atoms with E-state index in [9.17, 15) is 19.8 Å². The third-order valence-corrected chi connectivity index (χ3v) is 4.56. The molecule has 249 valence electrons. The van der Waals surface area contributed by atoms with Gasteiger partial charge in [0.05, 0.1) is 23.3 Å². The SMILES string of the molecule is O.O.O.O.O.O.O=C([O-])c1cccc(C(=O)[O-])n1.[Co+2].[OH3+].[OH3+].c1cc(-c2ccncc2)ccn1.c1cc(-c2ccncc2)ccn1. The van der Waals surface area contributed by atoms with Gasteiger partial charge in [-0.15, -0.1) is 0 Å². The molecular formula is C27H37CoN5O12+2. The first-order chi connectivity index (χ1) is 17.5. The molecule has 1 radical (unpaired) electrons. The number of rotatable bonds is 4. The molecule has 45 heavy (non-hydrogen) atoms. The third kappa shape index (κ3) is 18.9. The Bertz CT molecular complexity index is 1220. The molecule has 0 unspecified atom stereocenters. The van der Waals surface area contributed by atoms with Crippen LogP contribution in [0.5, 0.6) is 0 Å². The van der Waals surface area contributed by atoms with E-state index < -0.39 is 23.3 Å². The van der Waals surface area contributed by atoms with Gasteiger partial charge < -0.3 is 63.6 Å². The number of carboxylic acid groups (broad SMARTS) is 2. The molecule has 5 aromatic rings. The second kappa shape index (κ2) is 30.3. The molecule has 5 aromatic heterocycles. The number of hydrogen-bond acceptors (Lipinski definition) is 9. The summed E-state index contributed by atoms with van der Waals surface area (Å²) in [6.45, 7) is 0. The third-order valence-electron chi connectivity index (χ3n) is 4.56. The van der Waals surface area contributed by atoms with E-state index in [4.69, 9.17) is 0 Å². The molecule has 0 aliphatic heterocycles. The van der Waals surface area contributed by atoms with Gasteiger partial charge in [0, 0.05) is 49.6 Å². The van der Waals surface area contributed by atoms with Crippen molar-refractivity contribution in [2.45, 2.75) is 0 Å². The van der Waals surface area contributed by atoms with Crippen molar-refractivity contribution in [3.05, 3.63) is 128 Å². The monoisotopic (exact) mass is 682 g/mol. The van der Waals surface area contributed by atoms with Crippen LogP contribution >= 0.6 is 0 Å². The second-order valence-corrected chi connectivity index (χ2v) is 6.93. The Balaban J connectivity index is -0.0000000875. The van der Waals surface area contributed by atoms with E-state index in [-0.39, 0.29) is 60.6 Å². The summed E-state index contributed by atoms with van der Waals surface area (Å²) in [6, 6.07) is 19.4. The van der Waals surface area contributed by atoms with E-state index in [1.54, 1.807) is 49.6 Å². The summed E-state index contributed by atoms with van der Waals surface area (Å²) in [5.74, 6) is -3.03. The van der Waals surface area contributed by atoms with Gasteiger partial charge in [0.1, 0.15) is 0 Å². The van der Waals surface area contributed by atoms with Crippen molar-refractivity contribution in [1.82, 2.24) is 24.9 Å². The van der Waals surface area contributed by atoms with Crippen molar-refractivity contribution < 1.29 is 80.4 Å². The van der Waals surface area contributed by atoms with E-state index in [0.717, 1.165) is 12.1 Å². The largest absolute Gasteiger partial charge is 2.00 e. The molecule has 0 fully saturated rings. The van der Waals surface area contributed by atoms with Crippen LogP contribution in [0.25, 0.3) is 22.3 Å². The predicted octanol–water partition coefficient (Wildman–Crippen LogP) is -4.70. The maximum absolute atomic E-state index is 10.2. The minimum atomic E-state index is -1.52. The van der Waals surface area contributed by atoms with Crippen LogP contribution in [0.4, 0.5) is 0 Å². The van der Waals surface area contributed by atoms with Gasteiger partial charge >= 0.3 is 16.8 Å². The van der Waals surface area contributed by atoms with Gasteiger partial charge in [-0.05, 0) is 82.9 Å². The van der Waals surface area contributed by atoms with Crippen molar-refractivity contribution in [3.63, 3.8) is 0 Å². The average molecular weight is 683 g/mol. The van der Waals surface area contributed by atoms with Crippen LogP contribution in [0.2, 0.25) is 0 Å². The zero-order valence-electron chi connectivity index (χ0n) is 23.3. The Morgan fingerprint density at radius 2 is 0.622 bits per heavy atom. The second-order valence-electron chi connectivity index (χ2n) is 6.93. The molecule has 0 aliphatic carbocycles. The van der Waals surface area contributed by atoms with Crippen molar-refractivity contribution in [1.29, 1.82) is 0 Å². The summed E-state index contributed by atoms with van der Waals surface area (Å²) >= 11 is 0. The molecule has 18 N–H and O–H groups in total. The van der Waals surface area contributed by atoms with Gasteiger partial charge in [0.2, 0.25) is 0 Å². The van der Waals surface area contributed by atoms with Crippen molar-refractivity contribution in [3.8, 4) is 22.3 Å². The molecule has 5 heterocycles. The van der Waals surface area contributed by atoms with Crippen molar-refractivity contribution >= 4 is 11.9 Å². The van der Waals surface area contributed by atoms with E-state index >= 15 is 0 Å². The van der Waals surface area contributed by atoms with Gasteiger partial charge in [-0.25, -0.2) is 4.98 Å². The fourth-order valence-corrected chi connectivity index (χ4v) is 2.84. The number of pyridine rings is 5. The molecular weight excluding hydrogens is 645 g/mol. The van der Waals surface area contributed by atoms with Crippen LogP contribution in [0.3, 0.4) is 0 Å². The predicted molar refractivity (Wildman–Crippen MR) is 159 cm³/mol. The van der Waals surface area contributed by atoms with E-state index in [1.165, 1.54) is 28.3 Å². The first-order valence-corrected chi connectivity index (χ1v) is 10.5. The van der Waals surface area contributed by atoms with Crippen LogP contribution in [0.1, 0.15) is 21.0 Å². The molecule has 0 saturated carbocycles. The Morgan fingerprint density at radius 3 is 0.800 bits per heavy atom. The smallest absolute Gasteiger partial charge is 0.543 e. The van der Waals surface area contributed by atoms with E-state index in [2.05, 4.69) is 24.9 Å². The Labute approximate surface area is 267 Å². The van der Waals surface area contributed by atoms with Gasteiger partial charge in [-0.1, -0.05) is 6.07 Å². The fourth-order valence-electron chi connectivity index (χ4n) is 2.84. The van der Waals surface area contributed by atoms with Gasteiger partial charge in [0.25, 0.3) is 0 Å². The normalized spacial score (nSPS) is 7.64. The van der Waals surface area contributed by atoms with Crippen molar-refractivity contribution in [2.24, 2.45) is 0 Å². The molecule has 17 nitrogen and oxygen atoms in total. The first-order valence-electron chi connectivity index (χ1n) is 10.5. The number of carbonyl (C=O) groups excluding carboxylic acids is 2. The Kier molecular flexibility index (Phi) is 37.6. The fraction of sp³-hybridized carbons (Fsp3) is 0.